The smallest absolute Gasteiger partial charge is 0.241 e. The maximum atomic E-state index is 12.2. The summed E-state index contributed by atoms with van der Waals surface area (Å²) in [6, 6.07) is 3.18. The molecule has 6 nitrogen and oxygen atoms in total. The van der Waals surface area contributed by atoms with Gasteiger partial charge in [-0.05, 0) is 37.1 Å². The third-order valence-electron chi connectivity index (χ3n) is 2.85. The summed E-state index contributed by atoms with van der Waals surface area (Å²) >= 11 is 0. The van der Waals surface area contributed by atoms with Crippen molar-refractivity contribution < 1.29 is 17.9 Å². The normalized spacial score (nSPS) is 11.0. The molecule has 0 aromatic heterocycles. The Morgan fingerprint density at radius 1 is 1.33 bits per heavy atom. The number of carbonyl (C=O) groups is 1. The van der Waals surface area contributed by atoms with E-state index >= 15 is 0 Å². The fourth-order valence-electron chi connectivity index (χ4n) is 1.76. The standard InChI is InChI=1S/C14H20N2O4S/c1-5-6-15-14(17)9-16-21(18,19)13-8-10(2)12(20-4)7-11(13)3/h5,7-8,16H,1,6,9H2,2-4H3,(H,15,17). The Morgan fingerprint density at radius 2 is 2.00 bits per heavy atom. The predicted molar refractivity (Wildman–Crippen MR) is 80.9 cm³/mol. The fourth-order valence-corrected chi connectivity index (χ4v) is 3.05. The third kappa shape index (κ3) is 4.57. The van der Waals surface area contributed by atoms with Crippen molar-refractivity contribution in [2.24, 2.45) is 0 Å². The summed E-state index contributed by atoms with van der Waals surface area (Å²) in [5, 5.41) is 2.50. The molecule has 0 aliphatic heterocycles. The van der Waals surface area contributed by atoms with Crippen molar-refractivity contribution in [1.82, 2.24) is 10.0 Å². The molecule has 0 saturated heterocycles. The van der Waals surface area contributed by atoms with E-state index < -0.39 is 15.9 Å². The fraction of sp³-hybridized carbons (Fsp3) is 0.357. The highest BCUT2D eigenvalue weighted by atomic mass is 32.2. The average molecular weight is 312 g/mol. The van der Waals surface area contributed by atoms with Gasteiger partial charge in [0.05, 0.1) is 18.6 Å². The molecular formula is C14H20N2O4S. The van der Waals surface area contributed by atoms with Crippen LogP contribution >= 0.6 is 0 Å². The van der Waals surface area contributed by atoms with E-state index in [1.165, 1.54) is 19.3 Å². The summed E-state index contributed by atoms with van der Waals surface area (Å²) in [4.78, 5) is 11.6. The molecule has 1 rings (SSSR count). The van der Waals surface area contributed by atoms with Crippen molar-refractivity contribution in [3.05, 3.63) is 35.9 Å². The SMILES string of the molecule is C=CCNC(=O)CNS(=O)(=O)c1cc(C)c(OC)cc1C. The van der Waals surface area contributed by atoms with Crippen LogP contribution in [0, 0.1) is 13.8 Å². The first-order chi connectivity index (χ1) is 9.81. The van der Waals surface area contributed by atoms with Crippen molar-refractivity contribution in [3.63, 3.8) is 0 Å². The van der Waals surface area contributed by atoms with Crippen molar-refractivity contribution in [2.45, 2.75) is 18.7 Å². The molecule has 0 atom stereocenters. The van der Waals surface area contributed by atoms with E-state index in [0.29, 0.717) is 23.4 Å². The predicted octanol–water partition coefficient (Wildman–Crippen LogP) is 0.893. The van der Waals surface area contributed by atoms with Crippen LogP contribution in [0.4, 0.5) is 0 Å². The minimum Gasteiger partial charge on any atom is -0.496 e. The van der Waals surface area contributed by atoms with Gasteiger partial charge >= 0.3 is 0 Å². The number of ether oxygens (including phenoxy) is 1. The van der Waals surface area contributed by atoms with Crippen molar-refractivity contribution in [2.75, 3.05) is 20.2 Å². The lowest BCUT2D eigenvalue weighted by molar-refractivity contribution is -0.119. The van der Waals surface area contributed by atoms with E-state index in [-0.39, 0.29) is 11.4 Å². The van der Waals surface area contributed by atoms with E-state index in [1.807, 2.05) is 0 Å². The van der Waals surface area contributed by atoms with Crippen molar-refractivity contribution in [3.8, 4) is 5.75 Å². The van der Waals surface area contributed by atoms with Gasteiger partial charge in [-0.2, -0.15) is 0 Å². The molecule has 1 amide bonds. The Bertz CT molecular complexity index is 639. The van der Waals surface area contributed by atoms with E-state index in [9.17, 15) is 13.2 Å². The Morgan fingerprint density at radius 3 is 2.57 bits per heavy atom. The number of hydrogen-bond acceptors (Lipinski definition) is 4. The van der Waals surface area contributed by atoms with Gasteiger partial charge in [-0.15, -0.1) is 6.58 Å². The molecule has 0 unspecified atom stereocenters. The zero-order chi connectivity index (χ0) is 16.0. The molecule has 0 heterocycles. The molecular weight excluding hydrogens is 292 g/mol. The summed E-state index contributed by atoms with van der Waals surface area (Å²) in [7, 11) is -2.22. The van der Waals surface area contributed by atoms with Crippen LogP contribution in [0.1, 0.15) is 11.1 Å². The van der Waals surface area contributed by atoms with E-state index in [1.54, 1.807) is 19.9 Å². The number of amides is 1. The van der Waals surface area contributed by atoms with Crippen molar-refractivity contribution >= 4 is 15.9 Å². The highest BCUT2D eigenvalue weighted by Crippen LogP contribution is 2.25. The first kappa shape index (κ1) is 17.2. The molecule has 0 bridgehead atoms. The number of hydrogen-bond donors (Lipinski definition) is 2. The Labute approximate surface area is 125 Å². The summed E-state index contributed by atoms with van der Waals surface area (Å²) in [6.45, 7) is 6.87. The van der Waals surface area contributed by atoms with Crippen LogP contribution in [0.15, 0.2) is 29.7 Å². The van der Waals surface area contributed by atoms with Crippen LogP contribution in [-0.2, 0) is 14.8 Å². The molecule has 0 radical (unpaired) electrons. The molecule has 0 spiro atoms. The lowest BCUT2D eigenvalue weighted by Gasteiger charge is -2.12. The zero-order valence-corrected chi connectivity index (χ0v) is 13.2. The summed E-state index contributed by atoms with van der Waals surface area (Å²) < 4.78 is 31.9. The van der Waals surface area contributed by atoms with Crippen LogP contribution in [-0.4, -0.2) is 34.5 Å². The Kier molecular flexibility index (Phi) is 5.92. The highest BCUT2D eigenvalue weighted by Gasteiger charge is 2.19. The molecule has 7 heteroatoms. The molecule has 1 aromatic rings. The molecule has 2 N–H and O–H groups in total. The summed E-state index contributed by atoms with van der Waals surface area (Å²) in [5.74, 6) is 0.205. The second-order valence-electron chi connectivity index (χ2n) is 4.50. The van der Waals surface area contributed by atoms with Gasteiger partial charge in [-0.3, -0.25) is 4.79 Å². The van der Waals surface area contributed by atoms with Crippen LogP contribution in [0.2, 0.25) is 0 Å². The molecule has 0 fully saturated rings. The maximum absolute atomic E-state index is 12.2. The van der Waals surface area contributed by atoms with Crippen molar-refractivity contribution in [1.29, 1.82) is 0 Å². The highest BCUT2D eigenvalue weighted by molar-refractivity contribution is 7.89. The number of carbonyl (C=O) groups excluding carboxylic acids is 1. The number of rotatable bonds is 7. The zero-order valence-electron chi connectivity index (χ0n) is 12.4. The van der Waals surface area contributed by atoms with E-state index in [2.05, 4.69) is 16.6 Å². The second-order valence-corrected chi connectivity index (χ2v) is 6.24. The van der Waals surface area contributed by atoms with Gasteiger partial charge in [-0.1, -0.05) is 6.08 Å². The molecule has 0 aliphatic rings. The number of benzene rings is 1. The number of methoxy groups -OCH3 is 1. The lowest BCUT2D eigenvalue weighted by Crippen LogP contribution is -2.37. The Hall–Kier alpha value is -1.86. The van der Waals surface area contributed by atoms with Gasteiger partial charge in [0.15, 0.2) is 0 Å². The van der Waals surface area contributed by atoms with Gasteiger partial charge in [0.2, 0.25) is 15.9 Å². The van der Waals surface area contributed by atoms with Gasteiger partial charge in [0, 0.05) is 6.54 Å². The average Bonchev–Trinajstić information content (AvgIpc) is 2.44. The monoisotopic (exact) mass is 312 g/mol. The van der Waals surface area contributed by atoms with Crippen LogP contribution in [0.3, 0.4) is 0 Å². The topological polar surface area (TPSA) is 84.5 Å². The number of sulfonamides is 1. The molecule has 21 heavy (non-hydrogen) atoms. The number of aryl methyl sites for hydroxylation is 2. The third-order valence-corrected chi connectivity index (χ3v) is 4.39. The maximum Gasteiger partial charge on any atom is 0.241 e. The van der Waals surface area contributed by atoms with Gasteiger partial charge in [0.1, 0.15) is 5.75 Å². The first-order valence-electron chi connectivity index (χ1n) is 6.34. The molecule has 0 aliphatic carbocycles. The number of nitrogens with one attached hydrogen (secondary N) is 2. The van der Waals surface area contributed by atoms with Gasteiger partial charge < -0.3 is 10.1 Å². The van der Waals surface area contributed by atoms with Crippen LogP contribution < -0.4 is 14.8 Å². The van der Waals surface area contributed by atoms with Crippen LogP contribution in [0.5, 0.6) is 5.75 Å². The van der Waals surface area contributed by atoms with Gasteiger partial charge in [-0.25, -0.2) is 13.1 Å². The van der Waals surface area contributed by atoms with Crippen LogP contribution in [0.25, 0.3) is 0 Å². The largest absolute Gasteiger partial charge is 0.496 e. The quantitative estimate of drug-likeness (QED) is 0.732. The lowest BCUT2D eigenvalue weighted by atomic mass is 10.1. The minimum absolute atomic E-state index is 0.136. The molecule has 1 aromatic carbocycles. The molecule has 0 saturated carbocycles. The Balaban J connectivity index is 2.91. The van der Waals surface area contributed by atoms with Gasteiger partial charge in [0.25, 0.3) is 0 Å². The first-order valence-corrected chi connectivity index (χ1v) is 7.82. The molecule has 116 valence electrons. The van der Waals surface area contributed by atoms with E-state index in [0.717, 1.165) is 0 Å². The van der Waals surface area contributed by atoms with E-state index in [4.69, 9.17) is 4.74 Å². The summed E-state index contributed by atoms with van der Waals surface area (Å²) in [6.07, 6.45) is 1.52. The second kappa shape index (κ2) is 7.24. The minimum atomic E-state index is -3.75. The summed E-state index contributed by atoms with van der Waals surface area (Å²) in [5.41, 5.74) is 1.26.